The maximum absolute atomic E-state index is 11.1. The van der Waals surface area contributed by atoms with Crippen LogP contribution in [0.4, 0.5) is 5.95 Å². The Hall–Kier alpha value is -2.43. The molecule has 2 rings (SSSR count). The van der Waals surface area contributed by atoms with Crippen molar-refractivity contribution >= 4 is 11.9 Å². The molecular formula is C12H11N3O2. The van der Waals surface area contributed by atoms with E-state index >= 15 is 0 Å². The highest BCUT2D eigenvalue weighted by Crippen LogP contribution is 2.23. The number of nitrogens with zero attached hydrogens (tertiary/aromatic N) is 2. The van der Waals surface area contributed by atoms with Crippen LogP contribution in [0.3, 0.4) is 0 Å². The molecule has 0 aliphatic heterocycles. The number of benzene rings is 1. The van der Waals surface area contributed by atoms with E-state index in [0.29, 0.717) is 5.56 Å². The lowest BCUT2D eigenvalue weighted by atomic mass is 10.0. The van der Waals surface area contributed by atoms with E-state index in [-0.39, 0.29) is 11.6 Å². The number of carboxylic acid groups (broad SMARTS) is 1. The molecule has 1 heterocycles. The monoisotopic (exact) mass is 229 g/mol. The number of rotatable bonds is 2. The molecule has 5 heteroatoms. The Morgan fingerprint density at radius 3 is 2.82 bits per heavy atom. The third-order valence-corrected chi connectivity index (χ3v) is 2.34. The zero-order valence-electron chi connectivity index (χ0n) is 9.21. The zero-order valence-corrected chi connectivity index (χ0v) is 9.21. The number of nitrogen functional groups attached to an aromatic ring is 1. The van der Waals surface area contributed by atoms with Crippen molar-refractivity contribution in [2.45, 2.75) is 6.92 Å². The average molecular weight is 229 g/mol. The summed E-state index contributed by atoms with van der Waals surface area (Å²) in [6.07, 6.45) is 1.43. The summed E-state index contributed by atoms with van der Waals surface area (Å²) in [4.78, 5) is 18.7. The number of carbonyl (C=O) groups is 1. The molecule has 0 aliphatic rings. The van der Waals surface area contributed by atoms with E-state index in [1.54, 1.807) is 0 Å². The van der Waals surface area contributed by atoms with Crippen molar-refractivity contribution in [2.75, 3.05) is 5.73 Å². The van der Waals surface area contributed by atoms with Gasteiger partial charge in [-0.25, -0.2) is 14.8 Å². The first-order valence-electron chi connectivity index (χ1n) is 5.01. The Labute approximate surface area is 98.0 Å². The van der Waals surface area contributed by atoms with Crippen LogP contribution in [0.1, 0.15) is 16.1 Å². The van der Waals surface area contributed by atoms with Gasteiger partial charge in [-0.05, 0) is 12.5 Å². The standard InChI is InChI=1S/C12H11N3O2/c1-7-3-2-4-8(5-7)9-6-14-12(13)15-10(9)11(16)17/h2-6H,1H3,(H,16,17)(H2,13,14,15). The van der Waals surface area contributed by atoms with Gasteiger partial charge in [0.05, 0.1) is 0 Å². The van der Waals surface area contributed by atoms with Crippen LogP contribution >= 0.6 is 0 Å². The summed E-state index contributed by atoms with van der Waals surface area (Å²) in [7, 11) is 0. The van der Waals surface area contributed by atoms with E-state index in [9.17, 15) is 4.79 Å². The lowest BCUT2D eigenvalue weighted by Crippen LogP contribution is -2.07. The number of aromatic nitrogens is 2. The lowest BCUT2D eigenvalue weighted by molar-refractivity contribution is 0.0691. The van der Waals surface area contributed by atoms with E-state index in [2.05, 4.69) is 9.97 Å². The molecule has 0 spiro atoms. The number of hydrogen-bond donors (Lipinski definition) is 2. The maximum atomic E-state index is 11.1. The van der Waals surface area contributed by atoms with Gasteiger partial charge in [0.25, 0.3) is 0 Å². The number of anilines is 1. The highest BCUT2D eigenvalue weighted by atomic mass is 16.4. The minimum atomic E-state index is -1.12. The van der Waals surface area contributed by atoms with Crippen molar-refractivity contribution in [3.8, 4) is 11.1 Å². The molecule has 0 atom stereocenters. The number of hydrogen-bond acceptors (Lipinski definition) is 4. The fourth-order valence-corrected chi connectivity index (χ4v) is 1.58. The third-order valence-electron chi connectivity index (χ3n) is 2.34. The highest BCUT2D eigenvalue weighted by Gasteiger charge is 2.14. The first-order valence-corrected chi connectivity index (χ1v) is 5.01. The van der Waals surface area contributed by atoms with Crippen LogP contribution in [0.25, 0.3) is 11.1 Å². The smallest absolute Gasteiger partial charge is 0.355 e. The molecule has 17 heavy (non-hydrogen) atoms. The van der Waals surface area contributed by atoms with E-state index in [4.69, 9.17) is 10.8 Å². The lowest BCUT2D eigenvalue weighted by Gasteiger charge is -2.06. The quantitative estimate of drug-likeness (QED) is 0.818. The van der Waals surface area contributed by atoms with Crippen LogP contribution in [0.15, 0.2) is 30.5 Å². The van der Waals surface area contributed by atoms with E-state index in [1.807, 2.05) is 31.2 Å². The molecule has 0 saturated heterocycles. The molecule has 1 aromatic carbocycles. The van der Waals surface area contributed by atoms with Gasteiger partial charge in [0.1, 0.15) is 0 Å². The highest BCUT2D eigenvalue weighted by molar-refractivity contribution is 5.94. The molecule has 5 nitrogen and oxygen atoms in total. The van der Waals surface area contributed by atoms with Crippen LogP contribution in [-0.4, -0.2) is 21.0 Å². The molecule has 0 radical (unpaired) electrons. The van der Waals surface area contributed by atoms with Crippen molar-refractivity contribution < 1.29 is 9.90 Å². The van der Waals surface area contributed by atoms with Gasteiger partial charge >= 0.3 is 5.97 Å². The van der Waals surface area contributed by atoms with Gasteiger partial charge in [0.2, 0.25) is 5.95 Å². The molecule has 0 aliphatic carbocycles. The van der Waals surface area contributed by atoms with Gasteiger partial charge in [0, 0.05) is 11.8 Å². The average Bonchev–Trinajstić information content (AvgIpc) is 2.28. The third kappa shape index (κ3) is 2.23. The Morgan fingerprint density at radius 1 is 1.41 bits per heavy atom. The Morgan fingerprint density at radius 2 is 2.18 bits per heavy atom. The van der Waals surface area contributed by atoms with Crippen molar-refractivity contribution in [3.63, 3.8) is 0 Å². The second-order valence-corrected chi connectivity index (χ2v) is 3.67. The number of carboxylic acids is 1. The first-order chi connectivity index (χ1) is 8.08. The second kappa shape index (κ2) is 4.21. The topological polar surface area (TPSA) is 89.1 Å². The van der Waals surface area contributed by atoms with Gasteiger partial charge < -0.3 is 10.8 Å². The molecule has 0 saturated carbocycles. The van der Waals surface area contributed by atoms with E-state index in [0.717, 1.165) is 11.1 Å². The molecule has 3 N–H and O–H groups in total. The molecule has 0 unspecified atom stereocenters. The second-order valence-electron chi connectivity index (χ2n) is 3.67. The van der Waals surface area contributed by atoms with Crippen LogP contribution in [0, 0.1) is 6.92 Å². The van der Waals surface area contributed by atoms with Crippen LogP contribution in [0.2, 0.25) is 0 Å². The van der Waals surface area contributed by atoms with Gasteiger partial charge in [-0.2, -0.15) is 0 Å². The Kier molecular flexibility index (Phi) is 2.74. The molecule has 86 valence electrons. The molecule has 0 bridgehead atoms. The van der Waals surface area contributed by atoms with Crippen LogP contribution < -0.4 is 5.73 Å². The van der Waals surface area contributed by atoms with Crippen LogP contribution in [-0.2, 0) is 0 Å². The summed E-state index contributed by atoms with van der Waals surface area (Å²) in [5.74, 6) is -1.16. The largest absolute Gasteiger partial charge is 0.476 e. The summed E-state index contributed by atoms with van der Waals surface area (Å²) in [6.45, 7) is 1.93. The SMILES string of the molecule is Cc1cccc(-c2cnc(N)nc2C(=O)O)c1. The summed E-state index contributed by atoms with van der Waals surface area (Å²) in [5, 5.41) is 9.07. The molecule has 0 fully saturated rings. The summed E-state index contributed by atoms with van der Waals surface area (Å²) < 4.78 is 0. The van der Waals surface area contributed by atoms with E-state index < -0.39 is 5.97 Å². The molecule has 2 aromatic rings. The van der Waals surface area contributed by atoms with Gasteiger partial charge in [-0.1, -0.05) is 29.8 Å². The van der Waals surface area contributed by atoms with Crippen molar-refractivity contribution in [1.29, 1.82) is 0 Å². The predicted molar refractivity (Wildman–Crippen MR) is 63.6 cm³/mol. The maximum Gasteiger partial charge on any atom is 0.355 e. The van der Waals surface area contributed by atoms with Gasteiger partial charge in [-0.3, -0.25) is 0 Å². The van der Waals surface area contributed by atoms with Crippen LogP contribution in [0.5, 0.6) is 0 Å². The number of aromatic carboxylic acids is 1. The Bertz CT molecular complexity index is 582. The normalized spacial score (nSPS) is 10.2. The summed E-state index contributed by atoms with van der Waals surface area (Å²) in [5.41, 5.74) is 7.58. The minimum Gasteiger partial charge on any atom is -0.476 e. The van der Waals surface area contributed by atoms with Crippen molar-refractivity contribution in [1.82, 2.24) is 9.97 Å². The zero-order chi connectivity index (χ0) is 12.4. The summed E-state index contributed by atoms with van der Waals surface area (Å²) >= 11 is 0. The fourth-order valence-electron chi connectivity index (χ4n) is 1.58. The van der Waals surface area contributed by atoms with Crippen molar-refractivity contribution in [2.24, 2.45) is 0 Å². The summed E-state index contributed by atoms with van der Waals surface area (Å²) in [6, 6.07) is 7.48. The van der Waals surface area contributed by atoms with E-state index in [1.165, 1.54) is 6.20 Å². The fraction of sp³-hybridized carbons (Fsp3) is 0.0833. The molecule has 1 aromatic heterocycles. The molecule has 0 amide bonds. The minimum absolute atomic E-state index is 0.0428. The Balaban J connectivity index is 2.63. The van der Waals surface area contributed by atoms with Crippen molar-refractivity contribution in [3.05, 3.63) is 41.7 Å². The first kappa shape index (κ1) is 11.1. The molecular weight excluding hydrogens is 218 g/mol. The number of aryl methyl sites for hydroxylation is 1. The predicted octanol–water partition coefficient (Wildman–Crippen LogP) is 1.73. The number of nitrogens with two attached hydrogens (primary N) is 1. The van der Waals surface area contributed by atoms with Gasteiger partial charge in [0.15, 0.2) is 5.69 Å². The van der Waals surface area contributed by atoms with Gasteiger partial charge in [-0.15, -0.1) is 0 Å².